The van der Waals surface area contributed by atoms with Gasteiger partial charge in [-0.25, -0.2) is 18.4 Å². The van der Waals surface area contributed by atoms with Crippen LogP contribution in [0.4, 0.5) is 14.5 Å². The Morgan fingerprint density at radius 1 is 1.05 bits per heavy atom. The van der Waals surface area contributed by atoms with Gasteiger partial charge in [-0.3, -0.25) is 4.68 Å². The topological polar surface area (TPSA) is 72.0 Å². The van der Waals surface area contributed by atoms with Crippen molar-refractivity contribution in [3.05, 3.63) is 72.4 Å². The Kier molecular flexibility index (Phi) is 7.37. The fourth-order valence-corrected chi connectivity index (χ4v) is 4.76. The Balaban J connectivity index is 1.74. The number of aliphatic hydroxyl groups is 1. The quantitative estimate of drug-likeness (QED) is 0.319. The van der Waals surface area contributed by atoms with E-state index < -0.39 is 23.3 Å². The fourth-order valence-electron chi connectivity index (χ4n) is 4.76. The number of halogens is 2. The zero-order chi connectivity index (χ0) is 27.0. The molecule has 0 fully saturated rings. The largest absolute Gasteiger partial charge is 0.381 e. The van der Waals surface area contributed by atoms with E-state index in [-0.39, 0.29) is 17.5 Å². The average Bonchev–Trinajstić information content (AvgIpc) is 3.45. The van der Waals surface area contributed by atoms with Crippen LogP contribution in [0.1, 0.15) is 53.1 Å². The van der Waals surface area contributed by atoms with Crippen molar-refractivity contribution in [3.8, 4) is 0 Å². The minimum absolute atomic E-state index is 0.0366. The van der Waals surface area contributed by atoms with Gasteiger partial charge in [0.1, 0.15) is 29.9 Å². The minimum Gasteiger partial charge on any atom is -0.381 e. The first-order valence-corrected chi connectivity index (χ1v) is 12.6. The van der Waals surface area contributed by atoms with Crippen molar-refractivity contribution in [3.63, 3.8) is 0 Å². The van der Waals surface area contributed by atoms with Crippen molar-refractivity contribution >= 4 is 16.6 Å². The molecule has 1 N–H and O–H groups in total. The second-order valence-electron chi connectivity index (χ2n) is 11.5. The van der Waals surface area contributed by atoms with Gasteiger partial charge < -0.3 is 10.0 Å². The highest BCUT2D eigenvalue weighted by atomic mass is 19.1. The maximum absolute atomic E-state index is 15.0. The van der Waals surface area contributed by atoms with Gasteiger partial charge in [0.25, 0.3) is 0 Å². The molecule has 0 saturated heterocycles. The smallest absolute Gasteiger partial charge is 0.137 e. The van der Waals surface area contributed by atoms with E-state index in [0.717, 1.165) is 41.8 Å². The van der Waals surface area contributed by atoms with Crippen LogP contribution in [0.25, 0.3) is 10.9 Å². The molecule has 2 aromatic carbocycles. The predicted octanol–water partition coefficient (Wildman–Crippen LogP) is 5.56. The SMILES string of the molecule is CC(C)CN(CC(C)(C)C)c1ccc2nn([C@H](C)[C@](O)(Cn3cncn3)c3ccc(F)cc3F)cc2c1. The first-order chi connectivity index (χ1) is 17.4. The van der Waals surface area contributed by atoms with Gasteiger partial charge in [0.15, 0.2) is 0 Å². The lowest BCUT2D eigenvalue weighted by atomic mass is 9.86. The molecule has 0 aliphatic carbocycles. The van der Waals surface area contributed by atoms with E-state index in [1.165, 1.54) is 23.4 Å². The molecule has 0 radical (unpaired) electrons. The Hall–Kier alpha value is -3.33. The minimum atomic E-state index is -1.79. The van der Waals surface area contributed by atoms with Crippen LogP contribution in [0, 0.1) is 23.0 Å². The zero-order valence-electron chi connectivity index (χ0n) is 22.4. The average molecular weight is 511 g/mol. The maximum atomic E-state index is 15.0. The van der Waals surface area contributed by atoms with Gasteiger partial charge in [-0.1, -0.05) is 40.7 Å². The van der Waals surface area contributed by atoms with Gasteiger partial charge in [0.05, 0.1) is 18.1 Å². The van der Waals surface area contributed by atoms with Crippen LogP contribution in [-0.2, 0) is 12.1 Å². The second kappa shape index (κ2) is 10.2. The lowest BCUT2D eigenvalue weighted by Gasteiger charge is -2.34. The molecule has 2 aromatic heterocycles. The molecular formula is C28H36F2N6O. The standard InChI is InChI=1S/C28H36F2N6O/c1-19(2)13-34(15-27(4,5)6)23-8-10-26-21(11-23)14-36(33-26)20(3)28(37,16-35-18-31-17-32-35)24-9-7-22(29)12-25(24)30/h7-12,14,17-20,37H,13,15-16H2,1-6H3/t20-,28-/m1/s1. The lowest BCUT2D eigenvalue weighted by Crippen LogP contribution is -2.40. The summed E-state index contributed by atoms with van der Waals surface area (Å²) in [6, 6.07) is 8.62. The summed E-state index contributed by atoms with van der Waals surface area (Å²) < 4.78 is 31.7. The maximum Gasteiger partial charge on any atom is 0.137 e. The van der Waals surface area contributed by atoms with Crippen molar-refractivity contribution < 1.29 is 13.9 Å². The number of rotatable bonds is 9. The van der Waals surface area contributed by atoms with E-state index in [1.807, 2.05) is 12.3 Å². The summed E-state index contributed by atoms with van der Waals surface area (Å²) in [6.07, 6.45) is 4.65. The molecule has 4 rings (SSSR count). The van der Waals surface area contributed by atoms with Gasteiger partial charge in [0, 0.05) is 42.0 Å². The van der Waals surface area contributed by atoms with Crippen molar-refractivity contribution in [2.45, 2.75) is 59.7 Å². The van der Waals surface area contributed by atoms with Gasteiger partial charge in [-0.2, -0.15) is 10.2 Å². The highest BCUT2D eigenvalue weighted by Gasteiger charge is 2.41. The molecule has 0 unspecified atom stereocenters. The van der Waals surface area contributed by atoms with E-state index in [1.54, 1.807) is 11.6 Å². The lowest BCUT2D eigenvalue weighted by molar-refractivity contribution is -0.0366. The molecule has 4 aromatic rings. The Morgan fingerprint density at radius 2 is 1.81 bits per heavy atom. The van der Waals surface area contributed by atoms with Crippen molar-refractivity contribution in [1.29, 1.82) is 0 Å². The van der Waals surface area contributed by atoms with Crippen LogP contribution in [0.3, 0.4) is 0 Å². The molecule has 0 bridgehead atoms. The van der Waals surface area contributed by atoms with Gasteiger partial charge >= 0.3 is 0 Å². The molecule has 2 heterocycles. The monoisotopic (exact) mass is 510 g/mol. The summed E-state index contributed by atoms with van der Waals surface area (Å²) >= 11 is 0. The third-order valence-electron chi connectivity index (χ3n) is 6.48. The van der Waals surface area contributed by atoms with Gasteiger partial charge in [0.2, 0.25) is 0 Å². The number of hydrogen-bond donors (Lipinski definition) is 1. The molecule has 0 spiro atoms. The van der Waals surface area contributed by atoms with E-state index in [0.29, 0.717) is 5.92 Å². The molecule has 0 amide bonds. The number of fused-ring (bicyclic) bond motifs is 1. The van der Waals surface area contributed by atoms with Crippen LogP contribution in [0.5, 0.6) is 0 Å². The number of anilines is 1. The molecule has 7 nitrogen and oxygen atoms in total. The molecule has 0 aliphatic rings. The van der Waals surface area contributed by atoms with Crippen molar-refractivity contribution in [2.24, 2.45) is 11.3 Å². The Morgan fingerprint density at radius 3 is 2.43 bits per heavy atom. The number of benzene rings is 2. The normalized spacial score (nSPS) is 14.8. The van der Waals surface area contributed by atoms with E-state index in [9.17, 15) is 13.9 Å². The van der Waals surface area contributed by atoms with Crippen LogP contribution < -0.4 is 4.90 Å². The molecule has 2 atom stereocenters. The fraction of sp³-hybridized carbons (Fsp3) is 0.464. The number of hydrogen-bond acceptors (Lipinski definition) is 5. The Labute approximate surface area is 216 Å². The van der Waals surface area contributed by atoms with Gasteiger partial charge in [-0.05, 0) is 42.5 Å². The van der Waals surface area contributed by atoms with E-state index in [2.05, 4.69) is 61.7 Å². The van der Waals surface area contributed by atoms with Crippen molar-refractivity contribution in [1.82, 2.24) is 24.5 Å². The molecule has 37 heavy (non-hydrogen) atoms. The third-order valence-corrected chi connectivity index (χ3v) is 6.48. The number of nitrogens with zero attached hydrogens (tertiary/aromatic N) is 6. The molecule has 9 heteroatoms. The van der Waals surface area contributed by atoms with Crippen LogP contribution >= 0.6 is 0 Å². The predicted molar refractivity (Wildman–Crippen MR) is 141 cm³/mol. The summed E-state index contributed by atoms with van der Waals surface area (Å²) in [5, 5.41) is 21.6. The van der Waals surface area contributed by atoms with Crippen LogP contribution in [0.2, 0.25) is 0 Å². The van der Waals surface area contributed by atoms with Crippen molar-refractivity contribution in [2.75, 3.05) is 18.0 Å². The molecule has 0 aliphatic heterocycles. The summed E-state index contributed by atoms with van der Waals surface area (Å²) in [6.45, 7) is 14.6. The molecule has 0 saturated carbocycles. The first kappa shape index (κ1) is 26.7. The highest BCUT2D eigenvalue weighted by Crippen LogP contribution is 2.37. The summed E-state index contributed by atoms with van der Waals surface area (Å²) in [4.78, 5) is 6.32. The van der Waals surface area contributed by atoms with Crippen LogP contribution in [-0.4, -0.2) is 42.7 Å². The van der Waals surface area contributed by atoms with Crippen LogP contribution in [0.15, 0.2) is 55.2 Å². The highest BCUT2D eigenvalue weighted by molar-refractivity contribution is 5.82. The summed E-state index contributed by atoms with van der Waals surface area (Å²) in [7, 11) is 0. The second-order valence-corrected chi connectivity index (χ2v) is 11.5. The van der Waals surface area contributed by atoms with E-state index >= 15 is 0 Å². The number of aromatic nitrogens is 5. The molecular weight excluding hydrogens is 474 g/mol. The van der Waals surface area contributed by atoms with Gasteiger partial charge in [-0.15, -0.1) is 0 Å². The summed E-state index contributed by atoms with van der Waals surface area (Å²) in [5.41, 5.74) is 0.168. The van der Waals surface area contributed by atoms with E-state index in [4.69, 9.17) is 5.10 Å². The zero-order valence-corrected chi connectivity index (χ0v) is 22.4. The Bertz CT molecular complexity index is 1340. The molecule has 198 valence electrons. The third kappa shape index (κ3) is 5.98. The summed E-state index contributed by atoms with van der Waals surface area (Å²) in [5.74, 6) is -1.05. The first-order valence-electron chi connectivity index (χ1n) is 12.6.